The lowest BCUT2D eigenvalue weighted by molar-refractivity contribution is 0.225. The van der Waals surface area contributed by atoms with Crippen LogP contribution in [0.5, 0.6) is 0 Å². The third-order valence-corrected chi connectivity index (χ3v) is 3.63. The first-order chi connectivity index (χ1) is 8.42. The maximum atomic E-state index is 5.26. The maximum absolute atomic E-state index is 5.26. The number of thiophene rings is 1. The van der Waals surface area contributed by atoms with Gasteiger partial charge in [-0.1, -0.05) is 11.2 Å². The van der Waals surface area contributed by atoms with Crippen molar-refractivity contribution in [3.8, 4) is 10.8 Å². The molecule has 1 N–H and O–H groups in total. The lowest BCUT2D eigenvalue weighted by atomic mass is 10.3. The Labute approximate surface area is 128 Å². The molecule has 3 rings (SSSR count). The van der Waals surface area contributed by atoms with Crippen molar-refractivity contribution in [2.75, 3.05) is 26.2 Å². The summed E-state index contributed by atoms with van der Waals surface area (Å²) < 4.78 is 5.26. The summed E-state index contributed by atoms with van der Waals surface area (Å²) in [5.74, 6) is 1.40. The van der Waals surface area contributed by atoms with Crippen LogP contribution in [0, 0.1) is 0 Å². The molecular weight excluding hydrogens is 307 g/mol. The van der Waals surface area contributed by atoms with E-state index in [2.05, 4.69) is 20.4 Å². The molecule has 2 aromatic rings. The average molecular weight is 323 g/mol. The molecule has 0 unspecified atom stereocenters. The van der Waals surface area contributed by atoms with Crippen molar-refractivity contribution >= 4 is 36.2 Å². The fourth-order valence-electron chi connectivity index (χ4n) is 1.89. The number of piperazine rings is 1. The third kappa shape index (κ3) is 4.15. The molecule has 0 atom stereocenters. The Morgan fingerprint density at radius 1 is 1.32 bits per heavy atom. The molecule has 0 aromatic carbocycles. The van der Waals surface area contributed by atoms with Gasteiger partial charge in [-0.15, -0.1) is 36.2 Å². The van der Waals surface area contributed by atoms with Crippen molar-refractivity contribution in [2.24, 2.45) is 0 Å². The van der Waals surface area contributed by atoms with E-state index in [0.717, 1.165) is 43.4 Å². The molecule has 1 fully saturated rings. The molecule has 2 aromatic heterocycles. The van der Waals surface area contributed by atoms with Gasteiger partial charge in [0.15, 0.2) is 5.82 Å². The SMILES string of the molecule is Cl.Cl.c1csc(-c2nc(CN3CCNCC3)no2)c1. The van der Waals surface area contributed by atoms with Gasteiger partial charge in [0.1, 0.15) is 0 Å². The minimum absolute atomic E-state index is 0. The first-order valence-corrected chi connectivity index (χ1v) is 6.59. The molecule has 0 saturated carbocycles. The fraction of sp³-hybridized carbons (Fsp3) is 0.455. The second kappa shape index (κ2) is 7.81. The van der Waals surface area contributed by atoms with Crippen molar-refractivity contribution in [3.05, 3.63) is 23.3 Å². The topological polar surface area (TPSA) is 54.2 Å². The van der Waals surface area contributed by atoms with E-state index >= 15 is 0 Å². The van der Waals surface area contributed by atoms with E-state index in [1.54, 1.807) is 11.3 Å². The summed E-state index contributed by atoms with van der Waals surface area (Å²) in [6.45, 7) is 4.94. The zero-order chi connectivity index (χ0) is 11.5. The molecule has 5 nitrogen and oxygen atoms in total. The van der Waals surface area contributed by atoms with Gasteiger partial charge in [-0.3, -0.25) is 4.90 Å². The number of hydrogen-bond donors (Lipinski definition) is 1. The third-order valence-electron chi connectivity index (χ3n) is 2.77. The van der Waals surface area contributed by atoms with Crippen LogP contribution in [0.25, 0.3) is 10.8 Å². The van der Waals surface area contributed by atoms with Gasteiger partial charge in [-0.05, 0) is 11.4 Å². The molecule has 106 valence electrons. The smallest absolute Gasteiger partial charge is 0.268 e. The molecule has 1 saturated heterocycles. The fourth-order valence-corrected chi connectivity index (χ4v) is 2.53. The van der Waals surface area contributed by atoms with Crippen LogP contribution < -0.4 is 5.32 Å². The van der Waals surface area contributed by atoms with Crippen molar-refractivity contribution < 1.29 is 4.52 Å². The van der Waals surface area contributed by atoms with Crippen LogP contribution in [0.2, 0.25) is 0 Å². The van der Waals surface area contributed by atoms with Crippen LogP contribution in [0.4, 0.5) is 0 Å². The van der Waals surface area contributed by atoms with Crippen LogP contribution in [-0.4, -0.2) is 41.2 Å². The summed E-state index contributed by atoms with van der Waals surface area (Å²) in [6.07, 6.45) is 0. The highest BCUT2D eigenvalue weighted by molar-refractivity contribution is 7.13. The number of nitrogens with zero attached hydrogens (tertiary/aromatic N) is 3. The van der Waals surface area contributed by atoms with E-state index in [9.17, 15) is 0 Å². The Hall–Kier alpha value is -0.660. The zero-order valence-electron chi connectivity index (χ0n) is 10.2. The van der Waals surface area contributed by atoms with E-state index in [4.69, 9.17) is 4.52 Å². The number of nitrogens with one attached hydrogen (secondary N) is 1. The van der Waals surface area contributed by atoms with E-state index < -0.39 is 0 Å². The van der Waals surface area contributed by atoms with Crippen molar-refractivity contribution in [1.82, 2.24) is 20.4 Å². The summed E-state index contributed by atoms with van der Waals surface area (Å²) in [6, 6.07) is 3.98. The van der Waals surface area contributed by atoms with Gasteiger partial charge < -0.3 is 9.84 Å². The summed E-state index contributed by atoms with van der Waals surface area (Å²) in [7, 11) is 0. The van der Waals surface area contributed by atoms with E-state index in [-0.39, 0.29) is 24.8 Å². The first-order valence-electron chi connectivity index (χ1n) is 5.71. The Morgan fingerprint density at radius 2 is 2.11 bits per heavy atom. The summed E-state index contributed by atoms with van der Waals surface area (Å²) >= 11 is 1.62. The molecule has 0 spiro atoms. The molecule has 3 heterocycles. The Bertz CT molecular complexity index is 471. The lowest BCUT2D eigenvalue weighted by Crippen LogP contribution is -2.43. The Balaban J connectivity index is 0.000000902. The highest BCUT2D eigenvalue weighted by atomic mass is 35.5. The van der Waals surface area contributed by atoms with Crippen LogP contribution in [-0.2, 0) is 6.54 Å². The van der Waals surface area contributed by atoms with E-state index in [1.165, 1.54) is 0 Å². The molecule has 19 heavy (non-hydrogen) atoms. The molecule has 0 amide bonds. The quantitative estimate of drug-likeness (QED) is 0.937. The van der Waals surface area contributed by atoms with Gasteiger partial charge in [0.05, 0.1) is 11.4 Å². The molecular formula is C11H16Cl2N4OS. The summed E-state index contributed by atoms with van der Waals surface area (Å²) in [5.41, 5.74) is 0. The average Bonchev–Trinajstić information content (AvgIpc) is 3.00. The largest absolute Gasteiger partial charge is 0.333 e. The van der Waals surface area contributed by atoms with Gasteiger partial charge in [0, 0.05) is 26.2 Å². The van der Waals surface area contributed by atoms with Gasteiger partial charge in [0.2, 0.25) is 0 Å². The minimum atomic E-state index is 0. The van der Waals surface area contributed by atoms with Crippen LogP contribution >= 0.6 is 36.2 Å². The van der Waals surface area contributed by atoms with Gasteiger partial charge >= 0.3 is 0 Å². The van der Waals surface area contributed by atoms with E-state index in [1.807, 2.05) is 17.5 Å². The molecule has 0 aliphatic carbocycles. The molecule has 8 heteroatoms. The lowest BCUT2D eigenvalue weighted by Gasteiger charge is -2.25. The highest BCUT2D eigenvalue weighted by Gasteiger charge is 2.14. The summed E-state index contributed by atoms with van der Waals surface area (Å²) in [4.78, 5) is 7.78. The van der Waals surface area contributed by atoms with Gasteiger partial charge in [-0.2, -0.15) is 4.98 Å². The predicted molar refractivity (Wildman–Crippen MR) is 80.3 cm³/mol. The monoisotopic (exact) mass is 322 g/mol. The van der Waals surface area contributed by atoms with E-state index in [0.29, 0.717) is 5.89 Å². The normalized spacial score (nSPS) is 15.6. The second-order valence-corrected chi connectivity index (χ2v) is 4.97. The second-order valence-electron chi connectivity index (χ2n) is 4.02. The molecule has 0 bridgehead atoms. The number of rotatable bonds is 3. The van der Waals surface area contributed by atoms with Gasteiger partial charge in [0.25, 0.3) is 5.89 Å². The van der Waals surface area contributed by atoms with Crippen molar-refractivity contribution in [1.29, 1.82) is 0 Å². The van der Waals surface area contributed by atoms with Crippen LogP contribution in [0.3, 0.4) is 0 Å². The molecule has 0 radical (unpaired) electrons. The van der Waals surface area contributed by atoms with Crippen molar-refractivity contribution in [2.45, 2.75) is 6.54 Å². The Kier molecular flexibility index (Phi) is 6.74. The first kappa shape index (κ1) is 16.4. The number of halogens is 2. The minimum Gasteiger partial charge on any atom is -0.333 e. The maximum Gasteiger partial charge on any atom is 0.268 e. The zero-order valence-corrected chi connectivity index (χ0v) is 12.7. The standard InChI is InChI=1S/C11H14N4OS.2ClH/c1-2-9(17-7-1)11-13-10(14-16-11)8-15-5-3-12-4-6-15;;/h1-2,7,12H,3-6,8H2;2*1H. The van der Waals surface area contributed by atoms with Crippen molar-refractivity contribution in [3.63, 3.8) is 0 Å². The molecule has 1 aliphatic rings. The Morgan fingerprint density at radius 3 is 2.79 bits per heavy atom. The summed E-state index contributed by atoms with van der Waals surface area (Å²) in [5, 5.41) is 9.36. The highest BCUT2D eigenvalue weighted by Crippen LogP contribution is 2.22. The number of hydrogen-bond acceptors (Lipinski definition) is 6. The number of aromatic nitrogens is 2. The van der Waals surface area contributed by atoms with Crippen LogP contribution in [0.1, 0.15) is 5.82 Å². The van der Waals surface area contributed by atoms with Crippen LogP contribution in [0.15, 0.2) is 22.0 Å². The van der Waals surface area contributed by atoms with Gasteiger partial charge in [-0.25, -0.2) is 0 Å². The molecule has 1 aliphatic heterocycles. The predicted octanol–water partition coefficient (Wildman–Crippen LogP) is 2.05.